The van der Waals surface area contributed by atoms with Crippen LogP contribution in [0, 0.1) is 5.82 Å². The molecule has 1 aromatic carbocycles. The van der Waals surface area contributed by atoms with Crippen molar-refractivity contribution in [2.75, 3.05) is 5.73 Å². The minimum absolute atomic E-state index is 0.144. The lowest BCUT2D eigenvalue weighted by Crippen LogP contribution is -2.54. The SMILES string of the molecule is C[C@]1(c2cc(N)ccc2F)N=C(NC(=O)O)C2(CC2)S(O)(O)C1F. The highest BCUT2D eigenvalue weighted by molar-refractivity contribution is 8.26. The van der Waals surface area contributed by atoms with E-state index >= 15 is 4.39 Å². The zero-order valence-electron chi connectivity index (χ0n) is 12.7. The number of anilines is 1. The van der Waals surface area contributed by atoms with Crippen LogP contribution in [0.1, 0.15) is 25.3 Å². The molecule has 1 aliphatic carbocycles. The summed E-state index contributed by atoms with van der Waals surface area (Å²) in [6, 6.07) is 3.46. The first-order valence-corrected chi connectivity index (χ1v) is 8.72. The number of carbonyl (C=O) groups is 1. The highest BCUT2D eigenvalue weighted by Crippen LogP contribution is 2.73. The predicted octanol–water partition coefficient (Wildman–Crippen LogP) is 2.88. The molecule has 1 fully saturated rings. The number of benzene rings is 1. The Morgan fingerprint density at radius 3 is 2.62 bits per heavy atom. The molecule has 2 atom stereocenters. The van der Waals surface area contributed by atoms with Gasteiger partial charge < -0.3 is 10.8 Å². The normalized spacial score (nSPS) is 31.2. The Balaban J connectivity index is 2.22. The fourth-order valence-electron chi connectivity index (χ4n) is 3.05. The first-order chi connectivity index (χ1) is 11.0. The standard InChI is InChI=1S/C14H17F2N3O4S/c1-13(8-6-7(17)2-3-9(8)15)10(16)24(22,23)14(4-5-14)11(19-13)18-12(20)21/h2-3,6,10,22-23H,4-5,17H2,1H3,(H,18,19)(H,20,21)/t10?,13-/m1/s1. The molecule has 0 saturated heterocycles. The molecule has 7 nitrogen and oxygen atoms in total. The molecule has 1 heterocycles. The third-order valence-corrected chi connectivity index (χ3v) is 7.33. The van der Waals surface area contributed by atoms with Crippen molar-refractivity contribution in [3.63, 3.8) is 0 Å². The van der Waals surface area contributed by atoms with E-state index in [1.54, 1.807) is 0 Å². The molecule has 1 spiro atoms. The summed E-state index contributed by atoms with van der Waals surface area (Å²) >= 11 is 0. The number of nitrogen functional groups attached to an aromatic ring is 1. The molecule has 3 rings (SSSR count). The van der Waals surface area contributed by atoms with Gasteiger partial charge in [0.2, 0.25) is 5.50 Å². The van der Waals surface area contributed by atoms with Crippen molar-refractivity contribution in [2.24, 2.45) is 4.99 Å². The maximum Gasteiger partial charge on any atom is 0.410 e. The van der Waals surface area contributed by atoms with Crippen LogP contribution in [-0.2, 0) is 5.54 Å². The highest BCUT2D eigenvalue weighted by Gasteiger charge is 2.68. The number of amidine groups is 1. The average molecular weight is 361 g/mol. The Morgan fingerprint density at radius 1 is 1.46 bits per heavy atom. The number of amides is 1. The summed E-state index contributed by atoms with van der Waals surface area (Å²) in [5, 5.41) is 11.0. The lowest BCUT2D eigenvalue weighted by Gasteiger charge is -2.52. The average Bonchev–Trinajstić information content (AvgIpc) is 3.28. The van der Waals surface area contributed by atoms with E-state index in [4.69, 9.17) is 10.8 Å². The summed E-state index contributed by atoms with van der Waals surface area (Å²) in [7, 11) is -3.94. The van der Waals surface area contributed by atoms with Crippen molar-refractivity contribution >= 4 is 28.2 Å². The second kappa shape index (κ2) is 5.04. The molecular weight excluding hydrogens is 344 g/mol. The van der Waals surface area contributed by atoms with E-state index in [-0.39, 0.29) is 29.9 Å². The Bertz CT molecular complexity index is 754. The molecule has 10 heteroatoms. The van der Waals surface area contributed by atoms with Gasteiger partial charge in [0.25, 0.3) is 0 Å². The number of hydrogen-bond acceptors (Lipinski definition) is 5. The highest BCUT2D eigenvalue weighted by atomic mass is 32.3. The van der Waals surface area contributed by atoms with Gasteiger partial charge >= 0.3 is 6.09 Å². The molecule has 1 amide bonds. The quantitative estimate of drug-likeness (QED) is 0.491. The maximum atomic E-state index is 15.1. The number of rotatable bonds is 1. The largest absolute Gasteiger partial charge is 0.465 e. The van der Waals surface area contributed by atoms with E-state index in [1.807, 2.05) is 5.32 Å². The second-order valence-corrected chi connectivity index (χ2v) is 8.56. The van der Waals surface area contributed by atoms with Crippen molar-refractivity contribution in [1.82, 2.24) is 5.32 Å². The topological polar surface area (TPSA) is 128 Å². The van der Waals surface area contributed by atoms with Gasteiger partial charge in [-0.2, -0.15) is 0 Å². The van der Waals surface area contributed by atoms with Gasteiger partial charge in [-0.1, -0.05) is 0 Å². The van der Waals surface area contributed by atoms with Crippen LogP contribution in [0.2, 0.25) is 0 Å². The molecule has 0 aromatic heterocycles. The molecular formula is C14H17F2N3O4S. The number of nitrogens with two attached hydrogens (primary N) is 1. The Hall–Kier alpha value is -1.91. The summed E-state index contributed by atoms with van der Waals surface area (Å²) < 4.78 is 48.8. The summed E-state index contributed by atoms with van der Waals surface area (Å²) in [5.74, 6) is -1.08. The van der Waals surface area contributed by atoms with Gasteiger partial charge in [0.05, 0.1) is 0 Å². The van der Waals surface area contributed by atoms with Gasteiger partial charge in [0, 0.05) is 11.3 Å². The molecule has 132 valence electrons. The first-order valence-electron chi connectivity index (χ1n) is 7.11. The number of carboxylic acid groups (broad SMARTS) is 1. The summed E-state index contributed by atoms with van der Waals surface area (Å²) in [4.78, 5) is 15.1. The lowest BCUT2D eigenvalue weighted by atomic mass is 9.92. The van der Waals surface area contributed by atoms with Crippen LogP contribution >= 0.6 is 10.6 Å². The van der Waals surface area contributed by atoms with Gasteiger partial charge in [-0.25, -0.2) is 13.6 Å². The van der Waals surface area contributed by atoms with Crippen LogP contribution in [0.25, 0.3) is 0 Å². The van der Waals surface area contributed by atoms with E-state index < -0.39 is 38.3 Å². The number of alkyl halides is 1. The van der Waals surface area contributed by atoms with E-state index in [0.717, 1.165) is 12.1 Å². The Labute approximate surface area is 137 Å². The molecule has 24 heavy (non-hydrogen) atoms. The fourth-order valence-corrected chi connectivity index (χ4v) is 5.35. The van der Waals surface area contributed by atoms with Crippen LogP contribution in [0.15, 0.2) is 23.2 Å². The van der Waals surface area contributed by atoms with Crippen molar-refractivity contribution in [1.29, 1.82) is 0 Å². The van der Waals surface area contributed by atoms with Crippen LogP contribution in [0.5, 0.6) is 0 Å². The second-order valence-electron chi connectivity index (χ2n) is 6.18. The smallest absolute Gasteiger partial charge is 0.410 e. The monoisotopic (exact) mass is 361 g/mol. The van der Waals surface area contributed by atoms with Crippen molar-refractivity contribution in [3.05, 3.63) is 29.6 Å². The van der Waals surface area contributed by atoms with Crippen LogP contribution < -0.4 is 11.1 Å². The van der Waals surface area contributed by atoms with Crippen LogP contribution in [-0.4, -0.2) is 36.4 Å². The molecule has 6 N–H and O–H groups in total. The van der Waals surface area contributed by atoms with Crippen LogP contribution in [0.4, 0.5) is 19.3 Å². The number of aliphatic imine (C=N–C) groups is 1. The predicted molar refractivity (Wildman–Crippen MR) is 86.5 cm³/mol. The number of hydrogen-bond donors (Lipinski definition) is 5. The Morgan fingerprint density at radius 2 is 2.08 bits per heavy atom. The molecule has 1 unspecified atom stereocenters. The van der Waals surface area contributed by atoms with Crippen LogP contribution in [0.3, 0.4) is 0 Å². The first kappa shape index (κ1) is 16.9. The summed E-state index contributed by atoms with van der Waals surface area (Å²) in [5.41, 5.74) is 1.17. The minimum atomic E-state index is -3.94. The summed E-state index contributed by atoms with van der Waals surface area (Å²) in [6.45, 7) is 1.18. The van der Waals surface area contributed by atoms with E-state index in [2.05, 4.69) is 4.99 Å². The van der Waals surface area contributed by atoms with Gasteiger partial charge in [0.1, 0.15) is 21.9 Å². The molecule has 0 radical (unpaired) electrons. The third kappa shape index (κ3) is 2.17. The van der Waals surface area contributed by atoms with Crippen molar-refractivity contribution < 1.29 is 27.8 Å². The third-order valence-electron chi connectivity index (χ3n) is 4.55. The number of halogens is 2. The zero-order chi connectivity index (χ0) is 17.9. The molecule has 2 aliphatic rings. The fraction of sp³-hybridized carbons (Fsp3) is 0.429. The van der Waals surface area contributed by atoms with Gasteiger partial charge in [-0.15, -0.1) is 10.6 Å². The van der Waals surface area contributed by atoms with Gasteiger partial charge in [-0.05, 0) is 38.0 Å². The molecule has 0 bridgehead atoms. The minimum Gasteiger partial charge on any atom is -0.465 e. The van der Waals surface area contributed by atoms with E-state index in [0.29, 0.717) is 0 Å². The van der Waals surface area contributed by atoms with E-state index in [1.165, 1.54) is 13.0 Å². The number of nitrogens with zero attached hydrogens (tertiary/aromatic N) is 1. The Kier molecular flexibility index (Phi) is 3.56. The zero-order valence-corrected chi connectivity index (χ0v) is 13.5. The maximum absolute atomic E-state index is 15.1. The van der Waals surface area contributed by atoms with Crippen molar-refractivity contribution in [3.8, 4) is 0 Å². The number of nitrogens with one attached hydrogen (secondary N) is 1. The van der Waals surface area contributed by atoms with E-state index in [9.17, 15) is 18.3 Å². The van der Waals surface area contributed by atoms with Gasteiger partial charge in [0.15, 0.2) is 0 Å². The lowest BCUT2D eigenvalue weighted by molar-refractivity contribution is 0.199. The molecule has 1 saturated carbocycles. The molecule has 1 aliphatic heterocycles. The summed E-state index contributed by atoms with van der Waals surface area (Å²) in [6.07, 6.45) is -1.10. The van der Waals surface area contributed by atoms with Crippen molar-refractivity contribution in [2.45, 2.75) is 35.6 Å². The van der Waals surface area contributed by atoms with Gasteiger partial charge in [-0.3, -0.25) is 19.4 Å². The molecule has 1 aromatic rings.